The number of hydrogen-bond donors (Lipinski definition) is 1. The van der Waals surface area contributed by atoms with Crippen molar-refractivity contribution in [3.8, 4) is 0 Å². The summed E-state index contributed by atoms with van der Waals surface area (Å²) in [6, 6.07) is 0.712. The Hall–Kier alpha value is -0.120. The van der Waals surface area contributed by atoms with E-state index in [2.05, 4.69) is 36.0 Å². The van der Waals surface area contributed by atoms with Gasteiger partial charge >= 0.3 is 0 Å². The summed E-state index contributed by atoms with van der Waals surface area (Å²) in [6.07, 6.45) is 5.38. The molecule has 2 atom stereocenters. The Kier molecular flexibility index (Phi) is 4.45. The highest BCUT2D eigenvalue weighted by Gasteiger charge is 2.35. The fraction of sp³-hybridized carbons (Fsp3) is 1.00. The maximum absolute atomic E-state index is 3.79. The van der Waals surface area contributed by atoms with Crippen LogP contribution in [0.2, 0.25) is 0 Å². The van der Waals surface area contributed by atoms with Crippen molar-refractivity contribution in [2.75, 3.05) is 39.8 Å². The van der Waals surface area contributed by atoms with E-state index in [0.29, 0.717) is 11.6 Å². The molecule has 2 aliphatic heterocycles. The van der Waals surface area contributed by atoms with E-state index in [0.717, 1.165) is 0 Å². The van der Waals surface area contributed by atoms with E-state index >= 15 is 0 Å². The molecule has 0 spiro atoms. The standard InChI is InChI=1S/C14H29N3/c1-4-6-14(7-5-8-15-14)12-17-10-9-16(3)13(2)11-17/h13,15H,4-12H2,1-3H3. The third kappa shape index (κ3) is 3.21. The van der Waals surface area contributed by atoms with Gasteiger partial charge in [-0.3, -0.25) is 4.90 Å². The minimum atomic E-state index is 0.435. The zero-order valence-electron chi connectivity index (χ0n) is 11.8. The van der Waals surface area contributed by atoms with Crippen LogP contribution in [0.25, 0.3) is 0 Å². The van der Waals surface area contributed by atoms with Gasteiger partial charge < -0.3 is 10.2 Å². The number of nitrogens with one attached hydrogen (secondary N) is 1. The van der Waals surface area contributed by atoms with E-state index in [1.165, 1.54) is 58.4 Å². The van der Waals surface area contributed by atoms with Crippen LogP contribution in [0.4, 0.5) is 0 Å². The summed E-state index contributed by atoms with van der Waals surface area (Å²) in [5.41, 5.74) is 0.435. The first-order valence-electron chi connectivity index (χ1n) is 7.33. The lowest BCUT2D eigenvalue weighted by molar-refractivity contribution is 0.0794. The Labute approximate surface area is 107 Å². The molecule has 2 fully saturated rings. The second-order valence-corrected chi connectivity index (χ2v) is 6.13. The molecule has 2 rings (SSSR count). The summed E-state index contributed by atoms with van der Waals surface area (Å²) < 4.78 is 0. The van der Waals surface area contributed by atoms with E-state index in [9.17, 15) is 0 Å². The fourth-order valence-corrected chi connectivity index (χ4v) is 3.47. The normalized spacial score (nSPS) is 36.5. The van der Waals surface area contributed by atoms with Gasteiger partial charge in [0, 0.05) is 37.8 Å². The molecule has 0 aromatic carbocycles. The molecule has 2 aliphatic rings. The van der Waals surface area contributed by atoms with Gasteiger partial charge in [0.15, 0.2) is 0 Å². The molecule has 0 amide bonds. The highest BCUT2D eigenvalue weighted by Crippen LogP contribution is 2.26. The summed E-state index contributed by atoms with van der Waals surface area (Å²) >= 11 is 0. The van der Waals surface area contributed by atoms with Crippen LogP contribution in [-0.2, 0) is 0 Å². The lowest BCUT2D eigenvalue weighted by Crippen LogP contribution is -2.56. The van der Waals surface area contributed by atoms with Crippen molar-refractivity contribution in [3.63, 3.8) is 0 Å². The Morgan fingerprint density at radius 2 is 2.18 bits per heavy atom. The molecule has 0 aliphatic carbocycles. The van der Waals surface area contributed by atoms with Crippen molar-refractivity contribution < 1.29 is 0 Å². The molecule has 0 saturated carbocycles. The average Bonchev–Trinajstić information content (AvgIpc) is 2.73. The third-order valence-electron chi connectivity index (χ3n) is 4.63. The monoisotopic (exact) mass is 239 g/mol. The SMILES string of the molecule is CCCC1(CN2CCN(C)C(C)C2)CCCN1. The Morgan fingerprint density at radius 1 is 1.35 bits per heavy atom. The van der Waals surface area contributed by atoms with Gasteiger partial charge in [-0.25, -0.2) is 0 Å². The van der Waals surface area contributed by atoms with E-state index in [1.807, 2.05) is 0 Å². The summed E-state index contributed by atoms with van der Waals surface area (Å²) in [5, 5.41) is 3.79. The molecule has 1 N–H and O–H groups in total. The van der Waals surface area contributed by atoms with Crippen LogP contribution in [0.3, 0.4) is 0 Å². The Morgan fingerprint density at radius 3 is 2.76 bits per heavy atom. The lowest BCUT2D eigenvalue weighted by atomic mass is 9.90. The van der Waals surface area contributed by atoms with Gasteiger partial charge in [0.1, 0.15) is 0 Å². The molecule has 2 unspecified atom stereocenters. The van der Waals surface area contributed by atoms with Gasteiger partial charge in [0.2, 0.25) is 0 Å². The number of hydrogen-bond acceptors (Lipinski definition) is 3. The number of rotatable bonds is 4. The van der Waals surface area contributed by atoms with Gasteiger partial charge in [-0.15, -0.1) is 0 Å². The Balaban J connectivity index is 1.90. The van der Waals surface area contributed by atoms with Crippen molar-refractivity contribution in [1.82, 2.24) is 15.1 Å². The summed E-state index contributed by atoms with van der Waals surface area (Å²) in [7, 11) is 2.25. The molecule has 0 bridgehead atoms. The quantitative estimate of drug-likeness (QED) is 0.803. The lowest BCUT2D eigenvalue weighted by Gasteiger charge is -2.42. The zero-order chi connectivity index (χ0) is 12.3. The van der Waals surface area contributed by atoms with Crippen LogP contribution in [-0.4, -0.2) is 61.2 Å². The minimum absolute atomic E-state index is 0.435. The van der Waals surface area contributed by atoms with Crippen LogP contribution in [0.1, 0.15) is 39.5 Å². The number of nitrogens with zero attached hydrogens (tertiary/aromatic N) is 2. The molecule has 0 radical (unpaired) electrons. The summed E-state index contributed by atoms with van der Waals surface area (Å²) in [4.78, 5) is 5.16. The van der Waals surface area contributed by atoms with Crippen LogP contribution >= 0.6 is 0 Å². The van der Waals surface area contributed by atoms with Crippen LogP contribution in [0, 0.1) is 0 Å². The molecule has 2 saturated heterocycles. The van der Waals surface area contributed by atoms with E-state index in [-0.39, 0.29) is 0 Å². The van der Waals surface area contributed by atoms with Crippen LogP contribution < -0.4 is 5.32 Å². The molecule has 0 aromatic heterocycles. The summed E-state index contributed by atoms with van der Waals surface area (Å²) in [5.74, 6) is 0. The first-order chi connectivity index (χ1) is 8.15. The maximum atomic E-state index is 3.79. The molecule has 2 heterocycles. The number of piperazine rings is 1. The predicted octanol–water partition coefficient (Wildman–Crippen LogP) is 1.54. The second-order valence-electron chi connectivity index (χ2n) is 6.13. The second kappa shape index (κ2) is 5.68. The van der Waals surface area contributed by atoms with Crippen LogP contribution in [0.5, 0.6) is 0 Å². The van der Waals surface area contributed by atoms with Crippen molar-refractivity contribution in [2.45, 2.75) is 51.1 Å². The largest absolute Gasteiger partial charge is 0.310 e. The first-order valence-corrected chi connectivity index (χ1v) is 7.33. The minimum Gasteiger partial charge on any atom is -0.310 e. The van der Waals surface area contributed by atoms with E-state index < -0.39 is 0 Å². The van der Waals surface area contributed by atoms with Crippen molar-refractivity contribution in [1.29, 1.82) is 0 Å². The molecule has 17 heavy (non-hydrogen) atoms. The van der Waals surface area contributed by atoms with Gasteiger partial charge in [0.05, 0.1) is 0 Å². The fourth-order valence-electron chi connectivity index (χ4n) is 3.47. The Bertz CT molecular complexity index is 236. The maximum Gasteiger partial charge on any atom is 0.0309 e. The number of likely N-dealkylation sites (N-methyl/N-ethyl adjacent to an activating group) is 1. The predicted molar refractivity (Wildman–Crippen MR) is 73.4 cm³/mol. The molecule has 0 aromatic rings. The van der Waals surface area contributed by atoms with E-state index in [1.54, 1.807) is 0 Å². The van der Waals surface area contributed by atoms with Crippen molar-refractivity contribution in [2.24, 2.45) is 0 Å². The van der Waals surface area contributed by atoms with E-state index in [4.69, 9.17) is 0 Å². The van der Waals surface area contributed by atoms with Gasteiger partial charge in [-0.2, -0.15) is 0 Å². The molecule has 100 valence electrons. The zero-order valence-corrected chi connectivity index (χ0v) is 11.8. The van der Waals surface area contributed by atoms with Crippen molar-refractivity contribution >= 4 is 0 Å². The molecule has 3 nitrogen and oxygen atoms in total. The molecule has 3 heteroatoms. The molecular formula is C14H29N3. The van der Waals surface area contributed by atoms with Gasteiger partial charge in [0.25, 0.3) is 0 Å². The smallest absolute Gasteiger partial charge is 0.0309 e. The average molecular weight is 239 g/mol. The third-order valence-corrected chi connectivity index (χ3v) is 4.63. The highest BCUT2D eigenvalue weighted by atomic mass is 15.3. The summed E-state index contributed by atoms with van der Waals surface area (Å²) in [6.45, 7) is 10.9. The highest BCUT2D eigenvalue weighted by molar-refractivity contribution is 4.96. The van der Waals surface area contributed by atoms with Gasteiger partial charge in [-0.05, 0) is 39.8 Å². The first kappa shape index (κ1) is 13.3. The van der Waals surface area contributed by atoms with Crippen molar-refractivity contribution in [3.05, 3.63) is 0 Å². The van der Waals surface area contributed by atoms with Gasteiger partial charge in [-0.1, -0.05) is 13.3 Å². The van der Waals surface area contributed by atoms with Crippen LogP contribution in [0.15, 0.2) is 0 Å². The molecular weight excluding hydrogens is 210 g/mol. The topological polar surface area (TPSA) is 18.5 Å².